The number of benzene rings is 1. The van der Waals surface area contributed by atoms with E-state index in [-0.39, 0.29) is 5.91 Å². The van der Waals surface area contributed by atoms with Gasteiger partial charge in [0.2, 0.25) is 0 Å². The van der Waals surface area contributed by atoms with Gasteiger partial charge in [-0.25, -0.2) is 5.43 Å². The molecule has 0 saturated carbocycles. The lowest BCUT2D eigenvalue weighted by molar-refractivity contribution is -0.121. The van der Waals surface area contributed by atoms with Crippen LogP contribution in [0.5, 0.6) is 5.75 Å². The molecule has 1 atom stereocenters. The van der Waals surface area contributed by atoms with Crippen molar-refractivity contribution in [2.24, 2.45) is 5.10 Å². The summed E-state index contributed by atoms with van der Waals surface area (Å²) < 4.78 is 5.09. The van der Waals surface area contributed by atoms with Crippen LogP contribution in [0.1, 0.15) is 12.5 Å². The molecule has 0 fully saturated rings. The van der Waals surface area contributed by atoms with Gasteiger partial charge in [0.15, 0.2) is 0 Å². The van der Waals surface area contributed by atoms with Gasteiger partial charge in [-0.15, -0.1) is 0 Å². The predicted octanol–water partition coefficient (Wildman–Crippen LogP) is 2.04. The van der Waals surface area contributed by atoms with E-state index in [9.17, 15) is 4.79 Å². The normalized spacial score (nSPS) is 11.9. The third-order valence-corrected chi connectivity index (χ3v) is 2.96. The van der Waals surface area contributed by atoms with Crippen molar-refractivity contribution in [3.05, 3.63) is 54.4 Å². The molecule has 114 valence electrons. The average molecular weight is 298 g/mol. The van der Waals surface area contributed by atoms with Crippen LogP contribution in [0.25, 0.3) is 0 Å². The van der Waals surface area contributed by atoms with Gasteiger partial charge in [0, 0.05) is 18.1 Å². The van der Waals surface area contributed by atoms with Crippen LogP contribution in [0.15, 0.2) is 53.9 Å². The molecule has 0 bridgehead atoms. The second kappa shape index (κ2) is 7.78. The highest BCUT2D eigenvalue weighted by Crippen LogP contribution is 2.15. The van der Waals surface area contributed by atoms with Crippen LogP contribution in [0.3, 0.4) is 0 Å². The number of hydrogen-bond donors (Lipinski definition) is 2. The van der Waals surface area contributed by atoms with Crippen LogP contribution >= 0.6 is 0 Å². The van der Waals surface area contributed by atoms with Crippen LogP contribution < -0.4 is 15.5 Å². The summed E-state index contributed by atoms with van der Waals surface area (Å²) in [6.07, 6.45) is 4.90. The predicted molar refractivity (Wildman–Crippen MR) is 86.1 cm³/mol. The maximum absolute atomic E-state index is 11.9. The molecule has 2 aromatic rings. The fourth-order valence-electron chi connectivity index (χ4n) is 1.72. The van der Waals surface area contributed by atoms with E-state index in [0.717, 1.165) is 17.0 Å². The first kappa shape index (κ1) is 15.5. The molecule has 2 rings (SSSR count). The molecule has 0 aliphatic heterocycles. The Morgan fingerprint density at radius 2 is 1.91 bits per heavy atom. The molecule has 2 N–H and O–H groups in total. The Bertz CT molecular complexity index is 626. The SMILES string of the molecule is COc1ccc(N[C@H](C)C(=O)N/N=C\c2ccncc2)cc1. The number of rotatable bonds is 6. The quantitative estimate of drug-likeness (QED) is 0.632. The molecule has 0 radical (unpaired) electrons. The van der Waals surface area contributed by atoms with Crippen molar-refractivity contribution in [1.82, 2.24) is 10.4 Å². The van der Waals surface area contributed by atoms with Crippen molar-refractivity contribution in [2.45, 2.75) is 13.0 Å². The first-order valence-electron chi connectivity index (χ1n) is 6.82. The highest BCUT2D eigenvalue weighted by molar-refractivity contribution is 5.86. The summed E-state index contributed by atoms with van der Waals surface area (Å²) in [5.41, 5.74) is 4.20. The van der Waals surface area contributed by atoms with Crippen LogP contribution in [0, 0.1) is 0 Å². The Kier molecular flexibility index (Phi) is 5.48. The molecule has 1 aromatic carbocycles. The van der Waals surface area contributed by atoms with E-state index in [1.807, 2.05) is 24.3 Å². The molecule has 6 heteroatoms. The van der Waals surface area contributed by atoms with Gasteiger partial charge in [-0.3, -0.25) is 9.78 Å². The smallest absolute Gasteiger partial charge is 0.262 e. The molecule has 1 aromatic heterocycles. The lowest BCUT2D eigenvalue weighted by Crippen LogP contribution is -2.34. The van der Waals surface area contributed by atoms with Crippen molar-refractivity contribution in [3.63, 3.8) is 0 Å². The molecule has 0 spiro atoms. The van der Waals surface area contributed by atoms with E-state index >= 15 is 0 Å². The number of methoxy groups -OCH3 is 1. The van der Waals surface area contributed by atoms with Gasteiger partial charge in [0.25, 0.3) is 5.91 Å². The Labute approximate surface area is 129 Å². The van der Waals surface area contributed by atoms with Crippen molar-refractivity contribution in [2.75, 3.05) is 12.4 Å². The number of hydrogen-bond acceptors (Lipinski definition) is 5. The fraction of sp³-hybridized carbons (Fsp3) is 0.188. The molecule has 0 saturated heterocycles. The number of hydrazone groups is 1. The third kappa shape index (κ3) is 4.59. The molecule has 22 heavy (non-hydrogen) atoms. The lowest BCUT2D eigenvalue weighted by Gasteiger charge is -2.13. The number of pyridine rings is 1. The zero-order chi connectivity index (χ0) is 15.8. The Morgan fingerprint density at radius 3 is 2.55 bits per heavy atom. The summed E-state index contributed by atoms with van der Waals surface area (Å²) in [6.45, 7) is 1.77. The molecular weight excluding hydrogens is 280 g/mol. The zero-order valence-electron chi connectivity index (χ0n) is 12.5. The summed E-state index contributed by atoms with van der Waals surface area (Å²) >= 11 is 0. The van der Waals surface area contributed by atoms with E-state index < -0.39 is 6.04 Å². The monoisotopic (exact) mass is 298 g/mol. The zero-order valence-corrected chi connectivity index (χ0v) is 12.5. The molecule has 1 heterocycles. The van der Waals surface area contributed by atoms with E-state index in [1.165, 1.54) is 0 Å². The summed E-state index contributed by atoms with van der Waals surface area (Å²) in [5, 5.41) is 7.01. The van der Waals surface area contributed by atoms with Gasteiger partial charge in [-0.05, 0) is 48.9 Å². The molecule has 0 aliphatic carbocycles. The third-order valence-electron chi connectivity index (χ3n) is 2.96. The second-order valence-electron chi connectivity index (χ2n) is 4.61. The van der Waals surface area contributed by atoms with Gasteiger partial charge >= 0.3 is 0 Å². The van der Waals surface area contributed by atoms with E-state index in [4.69, 9.17) is 4.74 Å². The maximum atomic E-state index is 11.9. The minimum atomic E-state index is -0.414. The fourth-order valence-corrected chi connectivity index (χ4v) is 1.72. The minimum absolute atomic E-state index is 0.221. The highest BCUT2D eigenvalue weighted by Gasteiger charge is 2.11. The number of aromatic nitrogens is 1. The number of carbonyl (C=O) groups excluding carboxylic acids is 1. The van der Waals surface area contributed by atoms with Gasteiger partial charge in [0.05, 0.1) is 13.3 Å². The molecule has 1 amide bonds. The largest absolute Gasteiger partial charge is 0.497 e. The van der Waals surface area contributed by atoms with Crippen molar-refractivity contribution < 1.29 is 9.53 Å². The van der Waals surface area contributed by atoms with Crippen molar-refractivity contribution >= 4 is 17.8 Å². The number of nitrogens with one attached hydrogen (secondary N) is 2. The van der Waals surface area contributed by atoms with Gasteiger partial charge in [0.1, 0.15) is 11.8 Å². The first-order chi connectivity index (χ1) is 10.7. The topological polar surface area (TPSA) is 75.6 Å². The van der Waals surface area contributed by atoms with Crippen LogP contribution in [-0.2, 0) is 4.79 Å². The molecule has 0 aliphatic rings. The van der Waals surface area contributed by atoms with Crippen molar-refractivity contribution in [3.8, 4) is 5.75 Å². The van der Waals surface area contributed by atoms with E-state index in [0.29, 0.717) is 0 Å². The minimum Gasteiger partial charge on any atom is -0.497 e. The summed E-state index contributed by atoms with van der Waals surface area (Å²) in [4.78, 5) is 15.8. The second-order valence-corrected chi connectivity index (χ2v) is 4.61. The van der Waals surface area contributed by atoms with Crippen LogP contribution in [0.4, 0.5) is 5.69 Å². The van der Waals surface area contributed by atoms with Crippen molar-refractivity contribution in [1.29, 1.82) is 0 Å². The van der Waals surface area contributed by atoms with Gasteiger partial charge in [-0.2, -0.15) is 5.10 Å². The number of ether oxygens (including phenoxy) is 1. The van der Waals surface area contributed by atoms with Gasteiger partial charge in [-0.1, -0.05) is 0 Å². The summed E-state index contributed by atoms with van der Waals surface area (Å²) in [7, 11) is 1.61. The van der Waals surface area contributed by atoms with Crippen LogP contribution in [-0.4, -0.2) is 30.3 Å². The standard InChI is InChI=1S/C16H18N4O2/c1-12(19-14-3-5-15(22-2)6-4-14)16(21)20-18-11-13-7-9-17-10-8-13/h3-12,19H,1-2H3,(H,20,21)/b18-11-/t12-/m1/s1. The van der Waals surface area contributed by atoms with Crippen LogP contribution in [0.2, 0.25) is 0 Å². The summed E-state index contributed by atoms with van der Waals surface area (Å²) in [5.74, 6) is 0.547. The Hall–Kier alpha value is -2.89. The highest BCUT2D eigenvalue weighted by atomic mass is 16.5. The van der Waals surface area contributed by atoms with E-state index in [2.05, 4.69) is 20.8 Å². The molecule has 6 nitrogen and oxygen atoms in total. The number of carbonyl (C=O) groups is 1. The molecular formula is C16H18N4O2. The lowest BCUT2D eigenvalue weighted by atomic mass is 10.2. The maximum Gasteiger partial charge on any atom is 0.262 e. The number of amides is 1. The number of nitrogens with zero attached hydrogens (tertiary/aromatic N) is 2. The Balaban J connectivity index is 1.85. The average Bonchev–Trinajstić information content (AvgIpc) is 2.56. The summed E-state index contributed by atoms with van der Waals surface area (Å²) in [6, 6.07) is 10.5. The number of anilines is 1. The Morgan fingerprint density at radius 1 is 1.23 bits per heavy atom. The van der Waals surface area contributed by atoms with Gasteiger partial charge < -0.3 is 10.1 Å². The molecule has 0 unspecified atom stereocenters. The van der Waals surface area contributed by atoms with E-state index in [1.54, 1.807) is 44.8 Å². The first-order valence-corrected chi connectivity index (χ1v) is 6.82.